The molecule has 1 nitrogen and oxygen atoms in total. The first-order chi connectivity index (χ1) is 14.1. The Morgan fingerprint density at radius 1 is 0.517 bits per heavy atom. The molecule has 1 aromatic heterocycles. The molecule has 0 fully saturated rings. The van der Waals surface area contributed by atoms with Crippen molar-refractivity contribution in [1.82, 2.24) is 4.98 Å². The average Bonchev–Trinajstić information content (AvgIpc) is 2.74. The molecule has 4 aromatic carbocycles. The van der Waals surface area contributed by atoms with Gasteiger partial charge >= 0.3 is 0 Å². The molecule has 0 saturated carbocycles. The van der Waals surface area contributed by atoms with E-state index in [0.29, 0.717) is 0 Å². The van der Waals surface area contributed by atoms with Gasteiger partial charge in [0, 0.05) is 21.9 Å². The van der Waals surface area contributed by atoms with Gasteiger partial charge in [-0.05, 0) is 55.5 Å². The van der Waals surface area contributed by atoms with Crippen molar-refractivity contribution in [2.75, 3.05) is 0 Å². The number of pyridine rings is 1. The number of benzene rings is 4. The van der Waals surface area contributed by atoms with Gasteiger partial charge in [0.2, 0.25) is 0 Å². The van der Waals surface area contributed by atoms with E-state index < -0.39 is 0 Å². The van der Waals surface area contributed by atoms with Gasteiger partial charge in [0.05, 0.1) is 11.2 Å². The predicted octanol–water partition coefficient (Wildman–Crippen LogP) is 7.65. The molecule has 0 aliphatic carbocycles. The highest BCUT2D eigenvalue weighted by atomic mass is 14.7. The molecule has 0 N–H and O–H groups in total. The van der Waals surface area contributed by atoms with Crippen LogP contribution in [-0.2, 0) is 0 Å². The fraction of sp³-hybridized carbons (Fsp3) is 0.107. The van der Waals surface area contributed by atoms with Gasteiger partial charge < -0.3 is 0 Å². The fourth-order valence-electron chi connectivity index (χ4n) is 4.13. The van der Waals surface area contributed by atoms with Crippen LogP contribution in [0.5, 0.6) is 0 Å². The lowest BCUT2D eigenvalue weighted by atomic mass is 9.93. The van der Waals surface area contributed by atoms with Gasteiger partial charge in [0.1, 0.15) is 0 Å². The lowest BCUT2D eigenvalue weighted by Gasteiger charge is -2.15. The van der Waals surface area contributed by atoms with Gasteiger partial charge in [-0.1, -0.05) is 77.9 Å². The summed E-state index contributed by atoms with van der Waals surface area (Å²) in [6.45, 7) is 6.44. The van der Waals surface area contributed by atoms with Crippen LogP contribution >= 0.6 is 0 Å². The standard InChI is InChI=1S/C28H23N/c1-18-9-12-21(13-10-18)24-16-20(3)17-26-23-14-11-19(2)15-25(23)27(29-28(24)26)22-7-5-4-6-8-22/h4-17H,1-3H3. The van der Waals surface area contributed by atoms with Crippen LogP contribution in [0.1, 0.15) is 16.7 Å². The summed E-state index contributed by atoms with van der Waals surface area (Å²) in [6.07, 6.45) is 0. The van der Waals surface area contributed by atoms with Gasteiger partial charge in [0.15, 0.2) is 0 Å². The molecule has 0 unspecified atom stereocenters. The summed E-state index contributed by atoms with van der Waals surface area (Å²) in [5.74, 6) is 0. The van der Waals surface area contributed by atoms with Crippen molar-refractivity contribution in [3.63, 3.8) is 0 Å². The van der Waals surface area contributed by atoms with Gasteiger partial charge in [-0.15, -0.1) is 0 Å². The minimum atomic E-state index is 1.05. The molecular formula is C28H23N. The molecule has 5 aromatic rings. The maximum Gasteiger partial charge on any atom is 0.0794 e. The van der Waals surface area contributed by atoms with E-state index in [1.165, 1.54) is 44.0 Å². The van der Waals surface area contributed by atoms with Crippen LogP contribution in [0.2, 0.25) is 0 Å². The Kier molecular flexibility index (Phi) is 4.17. The van der Waals surface area contributed by atoms with Crippen LogP contribution in [0.25, 0.3) is 44.1 Å². The highest BCUT2D eigenvalue weighted by molar-refractivity contribution is 6.14. The smallest absolute Gasteiger partial charge is 0.0794 e. The number of fused-ring (bicyclic) bond motifs is 3. The molecule has 0 aliphatic heterocycles. The van der Waals surface area contributed by atoms with Gasteiger partial charge in [0.25, 0.3) is 0 Å². The second-order valence-electron chi connectivity index (χ2n) is 7.95. The summed E-state index contributed by atoms with van der Waals surface area (Å²) < 4.78 is 0. The molecule has 0 radical (unpaired) electrons. The van der Waals surface area contributed by atoms with Crippen molar-refractivity contribution in [1.29, 1.82) is 0 Å². The molecule has 0 saturated heterocycles. The summed E-state index contributed by atoms with van der Waals surface area (Å²) in [5.41, 5.74) is 9.45. The topological polar surface area (TPSA) is 12.9 Å². The lowest BCUT2D eigenvalue weighted by Crippen LogP contribution is -1.94. The van der Waals surface area contributed by atoms with Crippen LogP contribution in [0.15, 0.2) is 84.9 Å². The maximum absolute atomic E-state index is 5.25. The first-order valence-corrected chi connectivity index (χ1v) is 10.1. The zero-order chi connectivity index (χ0) is 20.0. The molecule has 0 bridgehead atoms. The third kappa shape index (κ3) is 3.09. The quantitative estimate of drug-likeness (QED) is 0.290. The van der Waals surface area contributed by atoms with E-state index in [0.717, 1.165) is 16.8 Å². The van der Waals surface area contributed by atoms with Crippen molar-refractivity contribution in [3.8, 4) is 22.4 Å². The molecule has 1 heterocycles. The zero-order valence-electron chi connectivity index (χ0n) is 17.0. The monoisotopic (exact) mass is 373 g/mol. The van der Waals surface area contributed by atoms with E-state index in [2.05, 4.69) is 106 Å². The zero-order valence-corrected chi connectivity index (χ0v) is 17.0. The molecule has 0 amide bonds. The summed E-state index contributed by atoms with van der Waals surface area (Å²) in [4.78, 5) is 5.25. The van der Waals surface area contributed by atoms with E-state index in [4.69, 9.17) is 4.98 Å². The number of hydrogen-bond acceptors (Lipinski definition) is 1. The third-order valence-electron chi connectivity index (χ3n) is 5.61. The van der Waals surface area contributed by atoms with Crippen molar-refractivity contribution in [2.45, 2.75) is 20.8 Å². The Labute approximate surface area is 171 Å². The highest BCUT2D eigenvalue weighted by Gasteiger charge is 2.14. The van der Waals surface area contributed by atoms with Gasteiger partial charge in [-0.3, -0.25) is 0 Å². The largest absolute Gasteiger partial charge is 0.246 e. The van der Waals surface area contributed by atoms with Crippen LogP contribution in [0, 0.1) is 20.8 Å². The number of hydrogen-bond donors (Lipinski definition) is 0. The number of rotatable bonds is 2. The molecule has 1 heteroatoms. The number of nitrogens with zero attached hydrogens (tertiary/aromatic N) is 1. The first kappa shape index (κ1) is 17.6. The average molecular weight is 373 g/mol. The van der Waals surface area contributed by atoms with E-state index >= 15 is 0 Å². The summed E-state index contributed by atoms with van der Waals surface area (Å²) >= 11 is 0. The number of aromatic nitrogens is 1. The third-order valence-corrected chi connectivity index (χ3v) is 5.61. The molecule has 0 atom stereocenters. The minimum absolute atomic E-state index is 1.05. The summed E-state index contributed by atoms with van der Waals surface area (Å²) in [7, 11) is 0. The predicted molar refractivity (Wildman–Crippen MR) is 124 cm³/mol. The Hall–Kier alpha value is -3.45. The second kappa shape index (κ2) is 6.86. The van der Waals surface area contributed by atoms with Crippen molar-refractivity contribution >= 4 is 21.7 Å². The molecular weight excluding hydrogens is 350 g/mol. The maximum atomic E-state index is 5.25. The fourth-order valence-corrected chi connectivity index (χ4v) is 4.13. The Morgan fingerprint density at radius 2 is 1.21 bits per heavy atom. The van der Waals surface area contributed by atoms with E-state index in [1.54, 1.807) is 0 Å². The van der Waals surface area contributed by atoms with Crippen molar-refractivity contribution in [2.24, 2.45) is 0 Å². The van der Waals surface area contributed by atoms with Crippen LogP contribution < -0.4 is 0 Å². The number of aryl methyl sites for hydroxylation is 3. The van der Waals surface area contributed by atoms with E-state index in [9.17, 15) is 0 Å². The summed E-state index contributed by atoms with van der Waals surface area (Å²) in [6, 6.07) is 30.5. The molecule has 140 valence electrons. The molecule has 0 spiro atoms. The minimum Gasteiger partial charge on any atom is -0.246 e. The van der Waals surface area contributed by atoms with Crippen LogP contribution in [0.3, 0.4) is 0 Å². The molecule has 0 aliphatic rings. The van der Waals surface area contributed by atoms with Crippen molar-refractivity contribution < 1.29 is 0 Å². The normalized spacial score (nSPS) is 11.3. The summed E-state index contributed by atoms with van der Waals surface area (Å²) in [5, 5.41) is 3.69. The van der Waals surface area contributed by atoms with E-state index in [1.807, 2.05) is 0 Å². The Morgan fingerprint density at radius 3 is 1.97 bits per heavy atom. The Bertz CT molecular complexity index is 1350. The molecule has 29 heavy (non-hydrogen) atoms. The second-order valence-corrected chi connectivity index (χ2v) is 7.95. The van der Waals surface area contributed by atoms with Crippen LogP contribution in [-0.4, -0.2) is 4.98 Å². The van der Waals surface area contributed by atoms with Gasteiger partial charge in [-0.25, -0.2) is 4.98 Å². The Balaban J connectivity index is 1.94. The van der Waals surface area contributed by atoms with Crippen LogP contribution in [0.4, 0.5) is 0 Å². The van der Waals surface area contributed by atoms with Gasteiger partial charge in [-0.2, -0.15) is 0 Å². The molecule has 5 rings (SSSR count). The highest BCUT2D eigenvalue weighted by Crippen LogP contribution is 2.37. The van der Waals surface area contributed by atoms with Crippen molar-refractivity contribution in [3.05, 3.63) is 102 Å². The lowest BCUT2D eigenvalue weighted by molar-refractivity contribution is 1.39. The SMILES string of the molecule is Cc1ccc(-c2cc(C)cc3c2nc(-c2ccccc2)c2cc(C)ccc23)cc1. The van der Waals surface area contributed by atoms with E-state index in [-0.39, 0.29) is 0 Å². The first-order valence-electron chi connectivity index (χ1n) is 10.1.